The zero-order valence-electron chi connectivity index (χ0n) is 13.9. The molecule has 0 heterocycles. The van der Waals surface area contributed by atoms with Crippen LogP contribution in [0.15, 0.2) is 53.4 Å². The minimum atomic E-state index is -3.72. The summed E-state index contributed by atoms with van der Waals surface area (Å²) in [5, 5.41) is 2.74. The lowest BCUT2D eigenvalue weighted by molar-refractivity contribution is 0.102. The lowest BCUT2D eigenvalue weighted by Gasteiger charge is -2.10. The third-order valence-corrected chi connectivity index (χ3v) is 5.26. The zero-order valence-corrected chi connectivity index (χ0v) is 14.8. The van der Waals surface area contributed by atoms with E-state index in [2.05, 4.69) is 23.3 Å². The van der Waals surface area contributed by atoms with Crippen LogP contribution in [-0.4, -0.2) is 21.4 Å². The molecule has 1 amide bonds. The Balaban J connectivity index is 2.09. The molecule has 0 aliphatic rings. The van der Waals surface area contributed by atoms with Gasteiger partial charge in [0.25, 0.3) is 16.0 Å². The molecular formula is C18H21NO4S. The van der Waals surface area contributed by atoms with E-state index in [4.69, 9.17) is 0 Å². The SMILES string of the molecule is CCC(C)c1ccc(C(=O)Nc2ccc(S(=O)(=O)OC)cc2)cc1. The van der Waals surface area contributed by atoms with E-state index in [0.29, 0.717) is 17.2 Å². The van der Waals surface area contributed by atoms with Crippen LogP contribution >= 0.6 is 0 Å². The second-order valence-electron chi connectivity index (χ2n) is 5.53. The maximum atomic E-state index is 12.2. The number of hydrogen-bond acceptors (Lipinski definition) is 4. The van der Waals surface area contributed by atoms with Gasteiger partial charge in [0.15, 0.2) is 0 Å². The van der Waals surface area contributed by atoms with Gasteiger partial charge in [-0.15, -0.1) is 0 Å². The second-order valence-corrected chi connectivity index (χ2v) is 7.24. The fourth-order valence-electron chi connectivity index (χ4n) is 2.20. The van der Waals surface area contributed by atoms with Crippen LogP contribution in [0.3, 0.4) is 0 Å². The maximum Gasteiger partial charge on any atom is 0.296 e. The Kier molecular flexibility index (Phi) is 5.75. The summed E-state index contributed by atoms with van der Waals surface area (Å²) in [5.74, 6) is 0.213. The van der Waals surface area contributed by atoms with Crippen molar-refractivity contribution < 1.29 is 17.4 Å². The lowest BCUT2D eigenvalue weighted by Crippen LogP contribution is -2.12. The van der Waals surface area contributed by atoms with Crippen LogP contribution in [0.1, 0.15) is 42.1 Å². The summed E-state index contributed by atoms with van der Waals surface area (Å²) in [5.41, 5.74) is 2.26. The first-order valence-electron chi connectivity index (χ1n) is 7.69. The predicted octanol–water partition coefficient (Wildman–Crippen LogP) is 3.79. The second kappa shape index (κ2) is 7.59. The molecule has 24 heavy (non-hydrogen) atoms. The van der Waals surface area contributed by atoms with Crippen molar-refractivity contribution in [1.29, 1.82) is 0 Å². The normalized spacial score (nSPS) is 12.6. The van der Waals surface area contributed by atoms with E-state index in [1.165, 1.54) is 29.8 Å². The molecule has 2 aromatic carbocycles. The van der Waals surface area contributed by atoms with Gasteiger partial charge in [-0.3, -0.25) is 8.98 Å². The largest absolute Gasteiger partial charge is 0.322 e. The predicted molar refractivity (Wildman–Crippen MR) is 93.7 cm³/mol. The molecular weight excluding hydrogens is 326 g/mol. The number of amides is 1. The molecule has 2 rings (SSSR count). The molecule has 0 saturated heterocycles. The quantitative estimate of drug-likeness (QED) is 0.807. The molecule has 5 nitrogen and oxygen atoms in total. The number of hydrogen-bond donors (Lipinski definition) is 1. The summed E-state index contributed by atoms with van der Waals surface area (Å²) < 4.78 is 27.6. The van der Waals surface area contributed by atoms with E-state index in [0.717, 1.165) is 13.5 Å². The smallest absolute Gasteiger partial charge is 0.296 e. The van der Waals surface area contributed by atoms with Gasteiger partial charge in [-0.2, -0.15) is 8.42 Å². The van der Waals surface area contributed by atoms with E-state index in [1.54, 1.807) is 12.1 Å². The molecule has 1 N–H and O–H groups in total. The van der Waals surface area contributed by atoms with E-state index in [-0.39, 0.29) is 10.8 Å². The minimum absolute atomic E-state index is 0.0425. The Morgan fingerprint density at radius 2 is 1.67 bits per heavy atom. The summed E-state index contributed by atoms with van der Waals surface area (Å²) >= 11 is 0. The molecule has 2 aromatic rings. The fourth-order valence-corrected chi connectivity index (χ4v) is 2.87. The number of rotatable bonds is 6. The maximum absolute atomic E-state index is 12.2. The van der Waals surface area contributed by atoms with Crippen molar-refractivity contribution in [3.63, 3.8) is 0 Å². The average molecular weight is 347 g/mol. The van der Waals surface area contributed by atoms with Gasteiger partial charge in [0.05, 0.1) is 12.0 Å². The van der Waals surface area contributed by atoms with Crippen molar-refractivity contribution in [2.24, 2.45) is 0 Å². The van der Waals surface area contributed by atoms with Gasteiger partial charge in [0, 0.05) is 11.3 Å². The van der Waals surface area contributed by atoms with Crippen LogP contribution in [0.5, 0.6) is 0 Å². The molecule has 0 radical (unpaired) electrons. The molecule has 0 bridgehead atoms. The van der Waals surface area contributed by atoms with Crippen molar-refractivity contribution in [2.75, 3.05) is 12.4 Å². The van der Waals surface area contributed by atoms with Gasteiger partial charge >= 0.3 is 0 Å². The van der Waals surface area contributed by atoms with E-state index in [9.17, 15) is 13.2 Å². The Labute approximate surface area is 142 Å². The van der Waals surface area contributed by atoms with Crippen molar-refractivity contribution in [2.45, 2.75) is 31.1 Å². The van der Waals surface area contributed by atoms with Crippen molar-refractivity contribution in [1.82, 2.24) is 0 Å². The summed E-state index contributed by atoms with van der Waals surface area (Å²) in [6.07, 6.45) is 1.04. The molecule has 0 saturated carbocycles. The fraction of sp³-hybridized carbons (Fsp3) is 0.278. The van der Waals surface area contributed by atoms with Crippen LogP contribution in [-0.2, 0) is 14.3 Å². The molecule has 0 aromatic heterocycles. The minimum Gasteiger partial charge on any atom is -0.322 e. The molecule has 0 spiro atoms. The first kappa shape index (κ1) is 18.2. The Morgan fingerprint density at radius 1 is 1.08 bits per heavy atom. The summed E-state index contributed by atoms with van der Waals surface area (Å²) in [4.78, 5) is 12.3. The molecule has 0 aliphatic carbocycles. The number of carbonyl (C=O) groups excluding carboxylic acids is 1. The summed E-state index contributed by atoms with van der Waals surface area (Å²) in [7, 11) is -2.62. The van der Waals surface area contributed by atoms with Gasteiger partial charge in [0.2, 0.25) is 0 Å². The lowest BCUT2D eigenvalue weighted by atomic mass is 9.97. The highest BCUT2D eigenvalue weighted by molar-refractivity contribution is 7.86. The highest BCUT2D eigenvalue weighted by Gasteiger charge is 2.13. The number of benzene rings is 2. The molecule has 0 aliphatic heterocycles. The van der Waals surface area contributed by atoms with Crippen LogP contribution < -0.4 is 5.32 Å². The Bertz CT molecular complexity index is 796. The van der Waals surface area contributed by atoms with Crippen LogP contribution in [0, 0.1) is 0 Å². The van der Waals surface area contributed by atoms with Gasteiger partial charge in [-0.25, -0.2) is 0 Å². The van der Waals surface area contributed by atoms with Gasteiger partial charge in [-0.1, -0.05) is 26.0 Å². The zero-order chi connectivity index (χ0) is 17.7. The highest BCUT2D eigenvalue weighted by Crippen LogP contribution is 2.20. The third-order valence-electron chi connectivity index (χ3n) is 3.97. The molecule has 6 heteroatoms. The Morgan fingerprint density at radius 3 is 2.17 bits per heavy atom. The average Bonchev–Trinajstić information content (AvgIpc) is 2.61. The first-order chi connectivity index (χ1) is 11.4. The van der Waals surface area contributed by atoms with E-state index in [1.807, 2.05) is 12.1 Å². The number of nitrogens with one attached hydrogen (secondary N) is 1. The number of anilines is 1. The molecule has 128 valence electrons. The standard InChI is InChI=1S/C18H21NO4S/c1-4-13(2)14-5-7-15(8-6-14)18(20)19-16-9-11-17(12-10-16)24(21,22)23-3/h5-13H,4H2,1-3H3,(H,19,20). The van der Waals surface area contributed by atoms with Crippen molar-refractivity contribution in [3.8, 4) is 0 Å². The monoisotopic (exact) mass is 347 g/mol. The van der Waals surface area contributed by atoms with Gasteiger partial charge in [-0.05, 0) is 54.3 Å². The molecule has 0 fully saturated rings. The molecule has 1 atom stereocenters. The van der Waals surface area contributed by atoms with Crippen molar-refractivity contribution in [3.05, 3.63) is 59.7 Å². The van der Waals surface area contributed by atoms with Crippen molar-refractivity contribution >= 4 is 21.7 Å². The van der Waals surface area contributed by atoms with Gasteiger partial charge < -0.3 is 5.32 Å². The molecule has 1 unspecified atom stereocenters. The van der Waals surface area contributed by atoms with Crippen LogP contribution in [0.2, 0.25) is 0 Å². The topological polar surface area (TPSA) is 72.5 Å². The third kappa shape index (κ3) is 4.21. The van der Waals surface area contributed by atoms with E-state index >= 15 is 0 Å². The van der Waals surface area contributed by atoms with E-state index < -0.39 is 10.1 Å². The number of carbonyl (C=O) groups is 1. The van der Waals surface area contributed by atoms with Crippen LogP contribution in [0.25, 0.3) is 0 Å². The first-order valence-corrected chi connectivity index (χ1v) is 9.10. The highest BCUT2D eigenvalue weighted by atomic mass is 32.2. The summed E-state index contributed by atoms with van der Waals surface area (Å²) in [6, 6.07) is 13.3. The van der Waals surface area contributed by atoms with Crippen LogP contribution in [0.4, 0.5) is 5.69 Å². The van der Waals surface area contributed by atoms with Gasteiger partial charge in [0.1, 0.15) is 0 Å². The summed E-state index contributed by atoms with van der Waals surface area (Å²) in [6.45, 7) is 4.27. The Hall–Kier alpha value is -2.18.